The van der Waals surface area contributed by atoms with Gasteiger partial charge in [0.15, 0.2) is 12.4 Å². The molecule has 0 aromatic heterocycles. The molecule has 0 saturated carbocycles. The summed E-state index contributed by atoms with van der Waals surface area (Å²) >= 11 is 0. The van der Waals surface area contributed by atoms with Gasteiger partial charge in [0.25, 0.3) is 11.6 Å². The number of nitrogens with one attached hydrogen (secondary N) is 1. The summed E-state index contributed by atoms with van der Waals surface area (Å²) in [6, 6.07) is 19.8. The third-order valence-corrected chi connectivity index (χ3v) is 4.10. The predicted molar refractivity (Wildman–Crippen MR) is 110 cm³/mol. The van der Waals surface area contributed by atoms with Crippen LogP contribution >= 0.6 is 0 Å². The fourth-order valence-electron chi connectivity index (χ4n) is 2.66. The van der Waals surface area contributed by atoms with Gasteiger partial charge < -0.3 is 14.8 Å². The van der Waals surface area contributed by atoms with E-state index in [1.165, 1.54) is 25.1 Å². The van der Waals surface area contributed by atoms with Gasteiger partial charge in [-0.15, -0.1) is 0 Å². The number of ether oxygens (including phenoxy) is 2. The number of nitro groups is 1. The second-order valence-corrected chi connectivity index (χ2v) is 6.29. The lowest BCUT2D eigenvalue weighted by molar-refractivity contribution is -0.385. The first kappa shape index (κ1) is 20.5. The first-order valence-corrected chi connectivity index (χ1v) is 8.98. The molecule has 0 radical (unpaired) electrons. The molecule has 0 heterocycles. The standard InChI is InChI=1S/C22H18N2O6/c1-15-13-16(11-12-19(15)24(27)28)22(26)29-14-21(25)23-18-9-5-6-10-20(18)30-17-7-3-2-4-8-17/h2-13H,14H2,1H3,(H,23,25). The molecule has 8 nitrogen and oxygen atoms in total. The molecule has 3 aromatic rings. The van der Waals surface area contributed by atoms with Gasteiger partial charge in [-0.05, 0) is 43.3 Å². The summed E-state index contributed by atoms with van der Waals surface area (Å²) < 4.78 is 10.8. The zero-order valence-electron chi connectivity index (χ0n) is 16.0. The highest BCUT2D eigenvalue weighted by Gasteiger charge is 2.16. The Balaban J connectivity index is 1.61. The minimum Gasteiger partial charge on any atom is -0.455 e. The molecule has 30 heavy (non-hydrogen) atoms. The molecular formula is C22H18N2O6. The topological polar surface area (TPSA) is 108 Å². The van der Waals surface area contributed by atoms with Gasteiger partial charge in [0, 0.05) is 11.6 Å². The Hall–Kier alpha value is -4.20. The Morgan fingerprint density at radius 3 is 2.40 bits per heavy atom. The average Bonchev–Trinajstić information content (AvgIpc) is 2.74. The molecule has 0 aliphatic heterocycles. The molecule has 152 valence electrons. The monoisotopic (exact) mass is 406 g/mol. The number of rotatable bonds is 7. The van der Waals surface area contributed by atoms with Crippen LogP contribution in [0.2, 0.25) is 0 Å². The number of anilines is 1. The van der Waals surface area contributed by atoms with Crippen LogP contribution in [-0.4, -0.2) is 23.4 Å². The van der Waals surface area contributed by atoms with Crippen LogP contribution < -0.4 is 10.1 Å². The number of para-hydroxylation sites is 3. The SMILES string of the molecule is Cc1cc(C(=O)OCC(=O)Nc2ccccc2Oc2ccccc2)ccc1[N+](=O)[O-]. The van der Waals surface area contributed by atoms with Gasteiger partial charge in [0.2, 0.25) is 0 Å². The fraction of sp³-hybridized carbons (Fsp3) is 0.0909. The molecule has 0 atom stereocenters. The Labute approximate surface area is 172 Å². The Morgan fingerprint density at radius 2 is 1.70 bits per heavy atom. The number of carbonyl (C=O) groups is 2. The van der Waals surface area contributed by atoms with E-state index in [0.29, 0.717) is 22.7 Å². The van der Waals surface area contributed by atoms with E-state index < -0.39 is 23.4 Å². The number of nitrogens with zero attached hydrogens (tertiary/aromatic N) is 1. The summed E-state index contributed by atoms with van der Waals surface area (Å²) in [5, 5.41) is 13.5. The maximum atomic E-state index is 12.2. The van der Waals surface area contributed by atoms with Gasteiger partial charge in [-0.2, -0.15) is 0 Å². The van der Waals surface area contributed by atoms with E-state index in [1.54, 1.807) is 36.4 Å². The summed E-state index contributed by atoms with van der Waals surface area (Å²) in [4.78, 5) is 34.7. The van der Waals surface area contributed by atoms with Crippen LogP contribution in [0.1, 0.15) is 15.9 Å². The zero-order valence-corrected chi connectivity index (χ0v) is 16.0. The van der Waals surface area contributed by atoms with Crippen molar-refractivity contribution < 1.29 is 24.0 Å². The van der Waals surface area contributed by atoms with Crippen molar-refractivity contribution >= 4 is 23.3 Å². The van der Waals surface area contributed by atoms with E-state index in [4.69, 9.17) is 9.47 Å². The number of carbonyl (C=O) groups excluding carboxylic acids is 2. The van der Waals surface area contributed by atoms with E-state index >= 15 is 0 Å². The Kier molecular flexibility index (Phi) is 6.39. The molecular weight excluding hydrogens is 388 g/mol. The number of benzene rings is 3. The average molecular weight is 406 g/mol. The van der Waals surface area contributed by atoms with Crippen LogP contribution in [0.4, 0.5) is 11.4 Å². The summed E-state index contributed by atoms with van der Waals surface area (Å²) in [7, 11) is 0. The van der Waals surface area contributed by atoms with Gasteiger partial charge >= 0.3 is 5.97 Å². The summed E-state index contributed by atoms with van der Waals surface area (Å²) in [6.45, 7) is 1.000. The first-order chi connectivity index (χ1) is 14.4. The number of aryl methyl sites for hydroxylation is 1. The van der Waals surface area contributed by atoms with Gasteiger partial charge in [0.1, 0.15) is 5.75 Å². The van der Waals surface area contributed by atoms with Crippen molar-refractivity contribution in [3.8, 4) is 11.5 Å². The van der Waals surface area contributed by atoms with Crippen LogP contribution in [0.5, 0.6) is 11.5 Å². The predicted octanol–water partition coefficient (Wildman–Crippen LogP) is 4.49. The number of hydrogen-bond acceptors (Lipinski definition) is 6. The molecule has 8 heteroatoms. The third-order valence-electron chi connectivity index (χ3n) is 4.10. The molecule has 1 amide bonds. The molecule has 0 unspecified atom stereocenters. The van der Waals surface area contributed by atoms with Crippen molar-refractivity contribution in [3.05, 3.63) is 94.0 Å². The van der Waals surface area contributed by atoms with Gasteiger partial charge in [-0.25, -0.2) is 4.79 Å². The second-order valence-electron chi connectivity index (χ2n) is 6.29. The van der Waals surface area contributed by atoms with Gasteiger partial charge in [-0.1, -0.05) is 30.3 Å². The lowest BCUT2D eigenvalue weighted by atomic mass is 10.1. The van der Waals surface area contributed by atoms with Crippen molar-refractivity contribution in [2.45, 2.75) is 6.92 Å². The molecule has 1 N–H and O–H groups in total. The molecule has 0 fully saturated rings. The lowest BCUT2D eigenvalue weighted by Gasteiger charge is -2.12. The Morgan fingerprint density at radius 1 is 1.00 bits per heavy atom. The van der Waals surface area contributed by atoms with Gasteiger partial charge in [-0.3, -0.25) is 14.9 Å². The minimum absolute atomic E-state index is 0.0979. The van der Waals surface area contributed by atoms with Crippen molar-refractivity contribution in [2.75, 3.05) is 11.9 Å². The normalized spacial score (nSPS) is 10.2. The number of esters is 1. The maximum absolute atomic E-state index is 12.2. The van der Waals surface area contributed by atoms with E-state index in [1.807, 2.05) is 18.2 Å². The molecule has 0 aliphatic rings. The minimum atomic E-state index is -0.753. The van der Waals surface area contributed by atoms with Crippen molar-refractivity contribution in [2.24, 2.45) is 0 Å². The van der Waals surface area contributed by atoms with Crippen molar-refractivity contribution in [1.29, 1.82) is 0 Å². The molecule has 0 bridgehead atoms. The molecule has 0 aliphatic carbocycles. The highest BCUT2D eigenvalue weighted by atomic mass is 16.6. The number of amides is 1. The van der Waals surface area contributed by atoms with E-state index in [9.17, 15) is 19.7 Å². The first-order valence-electron chi connectivity index (χ1n) is 8.98. The molecule has 3 aromatic carbocycles. The third kappa shape index (κ3) is 5.20. The quantitative estimate of drug-likeness (QED) is 0.352. The van der Waals surface area contributed by atoms with Gasteiger partial charge in [0.05, 0.1) is 16.2 Å². The maximum Gasteiger partial charge on any atom is 0.338 e. The van der Waals surface area contributed by atoms with Crippen LogP contribution in [-0.2, 0) is 9.53 Å². The van der Waals surface area contributed by atoms with Crippen LogP contribution in [0.3, 0.4) is 0 Å². The lowest BCUT2D eigenvalue weighted by Crippen LogP contribution is -2.21. The molecule has 0 saturated heterocycles. The van der Waals surface area contributed by atoms with Crippen molar-refractivity contribution in [1.82, 2.24) is 0 Å². The fourth-order valence-corrected chi connectivity index (χ4v) is 2.66. The zero-order chi connectivity index (χ0) is 21.5. The second kappa shape index (κ2) is 9.33. The largest absolute Gasteiger partial charge is 0.455 e. The van der Waals surface area contributed by atoms with Crippen LogP contribution in [0, 0.1) is 17.0 Å². The summed E-state index contributed by atoms with van der Waals surface area (Å²) in [6.07, 6.45) is 0. The van der Waals surface area contributed by atoms with E-state index in [2.05, 4.69) is 5.32 Å². The summed E-state index contributed by atoms with van der Waals surface area (Å²) in [5.41, 5.74) is 0.775. The summed E-state index contributed by atoms with van der Waals surface area (Å²) in [5.74, 6) is -0.253. The Bertz CT molecular complexity index is 1080. The van der Waals surface area contributed by atoms with Crippen LogP contribution in [0.15, 0.2) is 72.8 Å². The molecule has 3 rings (SSSR count). The van der Waals surface area contributed by atoms with E-state index in [-0.39, 0.29) is 11.3 Å². The number of nitro benzene ring substituents is 1. The smallest absolute Gasteiger partial charge is 0.338 e. The highest BCUT2D eigenvalue weighted by Crippen LogP contribution is 2.29. The molecule has 0 spiro atoms. The number of hydrogen-bond donors (Lipinski definition) is 1. The van der Waals surface area contributed by atoms with Crippen LogP contribution in [0.25, 0.3) is 0 Å². The highest BCUT2D eigenvalue weighted by molar-refractivity contribution is 5.96. The van der Waals surface area contributed by atoms with Crippen molar-refractivity contribution in [3.63, 3.8) is 0 Å². The van der Waals surface area contributed by atoms with E-state index in [0.717, 1.165) is 0 Å².